The van der Waals surface area contributed by atoms with Gasteiger partial charge in [-0.15, -0.1) is 0 Å². The number of benzene rings is 1. The molecule has 0 unspecified atom stereocenters. The molecule has 0 aliphatic heterocycles. The summed E-state index contributed by atoms with van der Waals surface area (Å²) in [6, 6.07) is 5.45. The van der Waals surface area contributed by atoms with E-state index in [1.165, 1.54) is 0 Å². The fourth-order valence-electron chi connectivity index (χ4n) is 1.55. The Morgan fingerprint density at radius 3 is 2.89 bits per heavy atom. The lowest BCUT2D eigenvalue weighted by atomic mass is 10.2. The molecule has 0 aliphatic carbocycles. The van der Waals surface area contributed by atoms with Gasteiger partial charge in [0.05, 0.1) is 14.3 Å². The first-order chi connectivity index (χ1) is 8.52. The van der Waals surface area contributed by atoms with E-state index in [0.717, 1.165) is 10.2 Å². The first-order valence-electron chi connectivity index (χ1n) is 5.27. The number of nitrogens with one attached hydrogen (secondary N) is 1. The van der Waals surface area contributed by atoms with Gasteiger partial charge in [0, 0.05) is 10.0 Å². The van der Waals surface area contributed by atoms with E-state index in [4.69, 9.17) is 11.6 Å². The number of hydrogen-bond acceptors (Lipinski definition) is 2. The summed E-state index contributed by atoms with van der Waals surface area (Å²) in [5, 5.41) is 0.560. The Balaban J connectivity index is 2.68. The minimum Gasteiger partial charge on any atom is -0.306 e. The highest BCUT2D eigenvalue weighted by Crippen LogP contribution is 2.28. The van der Waals surface area contributed by atoms with Crippen LogP contribution >= 0.6 is 50.1 Å². The normalized spacial score (nSPS) is 10.7. The molecule has 1 heterocycles. The van der Waals surface area contributed by atoms with Crippen molar-refractivity contribution in [3.8, 4) is 11.4 Å². The maximum Gasteiger partial charge on any atom is 0.264 e. The molecule has 0 saturated heterocycles. The zero-order valence-electron chi connectivity index (χ0n) is 9.43. The van der Waals surface area contributed by atoms with Gasteiger partial charge < -0.3 is 4.98 Å². The summed E-state index contributed by atoms with van der Waals surface area (Å²) in [5.74, 6) is 0.503. The van der Waals surface area contributed by atoms with Gasteiger partial charge in [0.15, 0.2) is 0 Å². The summed E-state index contributed by atoms with van der Waals surface area (Å²) in [4.78, 5) is 19.0. The van der Waals surface area contributed by atoms with E-state index in [9.17, 15) is 4.79 Å². The lowest BCUT2D eigenvalue weighted by Gasteiger charge is -2.07. The molecule has 18 heavy (non-hydrogen) atoms. The van der Waals surface area contributed by atoms with Crippen molar-refractivity contribution < 1.29 is 0 Å². The van der Waals surface area contributed by atoms with Gasteiger partial charge in [-0.05, 0) is 47.2 Å². The van der Waals surface area contributed by atoms with Crippen molar-refractivity contribution in [2.45, 2.75) is 13.3 Å². The van der Waals surface area contributed by atoms with Crippen LogP contribution in [0.3, 0.4) is 0 Å². The number of halogens is 3. The maximum atomic E-state index is 11.8. The number of rotatable bonds is 2. The van der Waals surface area contributed by atoms with Crippen LogP contribution in [0.4, 0.5) is 0 Å². The molecule has 0 spiro atoms. The van der Waals surface area contributed by atoms with Crippen molar-refractivity contribution in [1.29, 1.82) is 0 Å². The number of H-pyrrole nitrogens is 1. The molecule has 0 amide bonds. The Morgan fingerprint density at radius 2 is 2.22 bits per heavy atom. The molecule has 1 aromatic heterocycles. The summed E-state index contributed by atoms with van der Waals surface area (Å²) in [6.45, 7) is 1.97. The zero-order valence-corrected chi connectivity index (χ0v) is 13.9. The van der Waals surface area contributed by atoms with Gasteiger partial charge in [0.25, 0.3) is 5.56 Å². The Bertz CT molecular complexity index is 657. The van der Waals surface area contributed by atoms with Gasteiger partial charge >= 0.3 is 0 Å². The summed E-state index contributed by atoms with van der Waals surface area (Å²) < 4.78 is 1.52. The van der Waals surface area contributed by atoms with Crippen molar-refractivity contribution in [3.63, 3.8) is 0 Å². The molecular weight excluding hydrogens is 430 g/mol. The first kappa shape index (κ1) is 14.0. The van der Waals surface area contributed by atoms with Gasteiger partial charge in [0.1, 0.15) is 5.82 Å². The number of aromatic amines is 1. The van der Waals surface area contributed by atoms with Crippen LogP contribution in [0.25, 0.3) is 11.4 Å². The molecule has 3 nitrogen and oxygen atoms in total. The highest BCUT2D eigenvalue weighted by molar-refractivity contribution is 14.1. The summed E-state index contributed by atoms with van der Waals surface area (Å²) in [7, 11) is 0. The molecule has 0 bridgehead atoms. The summed E-state index contributed by atoms with van der Waals surface area (Å²) in [6.07, 6.45) is 0.709. The number of nitrogens with zero attached hydrogens (tertiary/aromatic N) is 1. The van der Waals surface area contributed by atoms with E-state index in [0.29, 0.717) is 26.4 Å². The highest BCUT2D eigenvalue weighted by Gasteiger charge is 2.11. The van der Waals surface area contributed by atoms with Gasteiger partial charge in [-0.3, -0.25) is 4.79 Å². The fraction of sp³-hybridized carbons (Fsp3) is 0.167. The molecule has 0 saturated carbocycles. The predicted octanol–water partition coefficient (Wildman–Crippen LogP) is 4.02. The molecule has 0 fully saturated rings. The lowest BCUT2D eigenvalue weighted by molar-refractivity contribution is 0.968. The fourth-order valence-corrected chi connectivity index (χ4v) is 2.75. The number of hydrogen-bond donors (Lipinski definition) is 1. The molecule has 1 aromatic carbocycles. The molecule has 0 atom stereocenters. The molecule has 2 aromatic rings. The quantitative estimate of drug-likeness (QED) is 0.719. The molecule has 94 valence electrons. The van der Waals surface area contributed by atoms with Crippen molar-refractivity contribution in [1.82, 2.24) is 9.97 Å². The van der Waals surface area contributed by atoms with Gasteiger partial charge in [-0.25, -0.2) is 4.98 Å². The van der Waals surface area contributed by atoms with E-state index < -0.39 is 0 Å². The van der Waals surface area contributed by atoms with E-state index in [2.05, 4.69) is 25.9 Å². The largest absolute Gasteiger partial charge is 0.306 e. The lowest BCUT2D eigenvalue weighted by Crippen LogP contribution is -2.16. The molecule has 2 rings (SSSR count). The molecule has 1 N–H and O–H groups in total. The average Bonchev–Trinajstić information content (AvgIpc) is 2.35. The zero-order chi connectivity index (χ0) is 13.3. The minimum atomic E-state index is -0.131. The monoisotopic (exact) mass is 438 g/mol. The third kappa shape index (κ3) is 2.78. The molecule has 0 radical (unpaired) electrons. The van der Waals surface area contributed by atoms with Crippen LogP contribution in [0.5, 0.6) is 0 Å². The van der Waals surface area contributed by atoms with Crippen molar-refractivity contribution in [3.05, 3.63) is 47.3 Å². The second kappa shape index (κ2) is 5.71. The topological polar surface area (TPSA) is 45.8 Å². The van der Waals surface area contributed by atoms with Crippen molar-refractivity contribution in [2.75, 3.05) is 0 Å². The first-order valence-corrected chi connectivity index (χ1v) is 7.52. The SMILES string of the molecule is CCc1nc(-c2cc(Br)ccc2Cl)[nH]c(=O)c1I. The second-order valence-electron chi connectivity index (χ2n) is 3.65. The number of aromatic nitrogens is 2. The van der Waals surface area contributed by atoms with Gasteiger partial charge in [0.2, 0.25) is 0 Å². The molecule has 6 heteroatoms. The third-order valence-electron chi connectivity index (χ3n) is 2.45. The van der Waals surface area contributed by atoms with Crippen LogP contribution in [0, 0.1) is 3.57 Å². The van der Waals surface area contributed by atoms with E-state index in [-0.39, 0.29) is 5.56 Å². The second-order valence-corrected chi connectivity index (χ2v) is 6.05. The molecule has 0 aliphatic rings. The molecular formula is C12H9BrClIN2O. The van der Waals surface area contributed by atoms with E-state index in [1.54, 1.807) is 6.07 Å². The van der Waals surface area contributed by atoms with Crippen LogP contribution in [0.15, 0.2) is 27.5 Å². The summed E-state index contributed by atoms with van der Waals surface area (Å²) in [5.41, 5.74) is 1.37. The van der Waals surface area contributed by atoms with Crippen LogP contribution < -0.4 is 5.56 Å². The average molecular weight is 439 g/mol. The van der Waals surface area contributed by atoms with Crippen LogP contribution in [0.1, 0.15) is 12.6 Å². The van der Waals surface area contributed by atoms with E-state index >= 15 is 0 Å². The third-order valence-corrected chi connectivity index (χ3v) is 4.39. The predicted molar refractivity (Wildman–Crippen MR) is 85.1 cm³/mol. The van der Waals surface area contributed by atoms with Crippen molar-refractivity contribution >= 4 is 50.1 Å². The van der Waals surface area contributed by atoms with Crippen LogP contribution in [-0.4, -0.2) is 9.97 Å². The standard InChI is InChI=1S/C12H9BrClIN2O/c1-2-9-10(15)12(18)17-11(16-9)7-5-6(13)3-4-8(7)14/h3-5H,2H2,1H3,(H,16,17,18). The minimum absolute atomic E-state index is 0.131. The Morgan fingerprint density at radius 1 is 1.50 bits per heavy atom. The van der Waals surface area contributed by atoms with E-state index in [1.807, 2.05) is 41.6 Å². The van der Waals surface area contributed by atoms with Crippen molar-refractivity contribution in [2.24, 2.45) is 0 Å². The van der Waals surface area contributed by atoms with Crippen LogP contribution in [0.2, 0.25) is 5.02 Å². The Hall–Kier alpha value is -0.400. The van der Waals surface area contributed by atoms with Crippen LogP contribution in [-0.2, 0) is 6.42 Å². The maximum absolute atomic E-state index is 11.8. The Kier molecular flexibility index (Phi) is 4.45. The smallest absolute Gasteiger partial charge is 0.264 e. The van der Waals surface area contributed by atoms with Gasteiger partial charge in [-0.1, -0.05) is 34.5 Å². The Labute approximate surface area is 131 Å². The number of aryl methyl sites for hydroxylation is 1. The summed E-state index contributed by atoms with van der Waals surface area (Å²) >= 11 is 11.5. The highest BCUT2D eigenvalue weighted by atomic mass is 127. The van der Waals surface area contributed by atoms with Gasteiger partial charge in [-0.2, -0.15) is 0 Å².